The van der Waals surface area contributed by atoms with E-state index in [1.54, 1.807) is 0 Å². The third-order valence-corrected chi connectivity index (χ3v) is 13.1. The maximum atomic E-state index is 13.7. The zero-order valence-corrected chi connectivity index (χ0v) is 41.0. The van der Waals surface area contributed by atoms with E-state index in [1.807, 2.05) is 135 Å². The van der Waals surface area contributed by atoms with E-state index < -0.39 is 23.3 Å². The van der Waals surface area contributed by atoms with Crippen LogP contribution in [0.2, 0.25) is 0 Å². The number of aliphatic hydroxyl groups is 4. The number of rotatable bonds is 8. The summed E-state index contributed by atoms with van der Waals surface area (Å²) in [7, 11) is 0. The number of likely N-dealkylation sites (tertiary alicyclic amines) is 2. The second-order valence-corrected chi connectivity index (χ2v) is 16.7. The molecule has 352 valence electrons. The number of hydrogen-bond acceptors (Lipinski definition) is 12. The maximum Gasteiger partial charge on any atom is 0.254 e. The molecule has 2 saturated heterocycles. The van der Waals surface area contributed by atoms with Gasteiger partial charge in [0.1, 0.15) is 11.5 Å². The number of aliphatic hydroxyl groups excluding tert-OH is 4. The highest BCUT2D eigenvalue weighted by Crippen LogP contribution is 2.51. The standard InChI is InChI=1S/2C24H25N3O4.4H2S/c2*1-14-22(15(2)31-26-14)16-8-9-21-20(10-16)24(23(30)25-21,17-6-4-3-5-7-17)27-12-19(29)11-18(27)13-28;;;;/h2*3-10,18-19,28-29H,11-13H2,1-2H3,(H,25,30);4*1H2/t2*18-,19-,24?;;;;/m00..../s1. The van der Waals surface area contributed by atoms with Gasteiger partial charge in [0.15, 0.2) is 11.1 Å². The Morgan fingerprint density at radius 2 is 0.955 bits per heavy atom. The number of β-amino-alcohol motifs (C(OH)–C–C–N with tert-alkyl or cyclic N) is 2. The van der Waals surface area contributed by atoms with E-state index in [-0.39, 0.29) is 91.1 Å². The number of aryl methyl sites for hydroxylation is 4. The van der Waals surface area contributed by atoms with E-state index in [0.29, 0.717) is 37.5 Å². The van der Waals surface area contributed by atoms with Crippen molar-refractivity contribution in [1.29, 1.82) is 0 Å². The Balaban J connectivity index is 0.000000233. The predicted molar refractivity (Wildman–Crippen MR) is 272 cm³/mol. The maximum absolute atomic E-state index is 13.7. The lowest BCUT2D eigenvalue weighted by Crippen LogP contribution is -2.55. The van der Waals surface area contributed by atoms with Gasteiger partial charge in [0.2, 0.25) is 0 Å². The molecule has 18 heteroatoms. The van der Waals surface area contributed by atoms with Crippen molar-refractivity contribution in [3.63, 3.8) is 0 Å². The zero-order valence-electron chi connectivity index (χ0n) is 37.0. The fourth-order valence-corrected chi connectivity index (χ4v) is 10.5. The van der Waals surface area contributed by atoms with E-state index >= 15 is 0 Å². The lowest BCUT2D eigenvalue weighted by atomic mass is 9.80. The minimum atomic E-state index is -1.16. The van der Waals surface area contributed by atoms with Crippen LogP contribution in [0.15, 0.2) is 106 Å². The average molecular weight is 975 g/mol. The molecule has 10 rings (SSSR count). The molecule has 2 unspecified atom stereocenters. The minimum absolute atomic E-state index is 0. The van der Waals surface area contributed by atoms with Crippen molar-refractivity contribution in [3.05, 3.63) is 142 Å². The van der Waals surface area contributed by atoms with Gasteiger partial charge in [0, 0.05) is 58.8 Å². The Labute approximate surface area is 411 Å². The molecule has 4 aliphatic heterocycles. The quantitative estimate of drug-likeness (QED) is 0.110. The molecule has 66 heavy (non-hydrogen) atoms. The van der Waals surface area contributed by atoms with Crippen LogP contribution >= 0.6 is 54.0 Å². The van der Waals surface area contributed by atoms with Crippen molar-refractivity contribution in [2.24, 2.45) is 0 Å². The fourth-order valence-electron chi connectivity index (χ4n) is 10.5. The molecule has 6 N–H and O–H groups in total. The van der Waals surface area contributed by atoms with Crippen LogP contribution in [-0.4, -0.2) is 103 Å². The Morgan fingerprint density at radius 3 is 1.27 bits per heavy atom. The first kappa shape index (κ1) is 52.4. The highest BCUT2D eigenvalue weighted by atomic mass is 32.1. The molecule has 0 saturated carbocycles. The van der Waals surface area contributed by atoms with Crippen molar-refractivity contribution in [2.45, 2.75) is 75.9 Å². The summed E-state index contributed by atoms with van der Waals surface area (Å²) in [6.07, 6.45) is -0.394. The molecule has 6 aromatic rings. The van der Waals surface area contributed by atoms with Crippen LogP contribution in [0.4, 0.5) is 11.4 Å². The Morgan fingerprint density at radius 1 is 0.591 bits per heavy atom. The predicted octanol–water partition coefficient (Wildman–Crippen LogP) is 5.61. The Hall–Kier alpha value is -4.60. The number of benzene rings is 4. The molecule has 0 aliphatic carbocycles. The first-order chi connectivity index (χ1) is 29.9. The first-order valence-electron chi connectivity index (χ1n) is 20.9. The molecule has 4 aromatic carbocycles. The second-order valence-electron chi connectivity index (χ2n) is 16.7. The SMILES string of the molecule is Cc1noc(C)c1-c1ccc2c(c1)C(c1ccccc1)(N1C[C@@H](O)C[C@H]1CO)C(=O)N2.Cc1noc(C)c1-c1ccc2c(c1)C(c1ccccc1)(N1C[C@@H](O)C[C@H]1CO)C(=O)N2.S.S.S.S. The molecule has 6 heterocycles. The van der Waals surface area contributed by atoms with Crippen molar-refractivity contribution >= 4 is 77.2 Å². The highest BCUT2D eigenvalue weighted by molar-refractivity contribution is 7.59. The summed E-state index contributed by atoms with van der Waals surface area (Å²) in [6, 6.07) is 30.2. The molecule has 2 fully saturated rings. The van der Waals surface area contributed by atoms with Crippen LogP contribution in [0.25, 0.3) is 22.3 Å². The summed E-state index contributed by atoms with van der Waals surface area (Å²) in [5.74, 6) is 1.06. The van der Waals surface area contributed by atoms with Gasteiger partial charge in [-0.05, 0) is 87.1 Å². The number of hydrogen-bond donors (Lipinski definition) is 6. The molecule has 0 bridgehead atoms. The van der Waals surface area contributed by atoms with Gasteiger partial charge in [0.25, 0.3) is 11.8 Å². The van der Waals surface area contributed by atoms with Crippen molar-refractivity contribution in [1.82, 2.24) is 20.1 Å². The third kappa shape index (κ3) is 8.39. The minimum Gasteiger partial charge on any atom is -0.395 e. The number of nitrogens with zero attached hydrogens (tertiary/aromatic N) is 4. The van der Waals surface area contributed by atoms with E-state index in [1.165, 1.54) is 0 Å². The molecular formula is C48H58N6O8S4. The summed E-state index contributed by atoms with van der Waals surface area (Å²) in [4.78, 5) is 31.3. The number of anilines is 2. The third-order valence-electron chi connectivity index (χ3n) is 13.1. The van der Waals surface area contributed by atoms with Crippen molar-refractivity contribution in [2.75, 3.05) is 36.9 Å². The fraction of sp³-hybridized carbons (Fsp3) is 0.333. The van der Waals surface area contributed by atoms with Crippen molar-refractivity contribution in [3.8, 4) is 22.3 Å². The summed E-state index contributed by atoms with van der Waals surface area (Å²) >= 11 is 0. The number of nitrogens with one attached hydrogen (secondary N) is 2. The lowest BCUT2D eigenvalue weighted by Gasteiger charge is -2.40. The van der Waals surface area contributed by atoms with Crippen molar-refractivity contribution < 1.29 is 39.1 Å². The van der Waals surface area contributed by atoms with Crippen LogP contribution in [0.1, 0.15) is 58.0 Å². The summed E-state index contributed by atoms with van der Waals surface area (Å²) < 4.78 is 10.7. The van der Waals surface area contributed by atoms with Gasteiger partial charge in [-0.1, -0.05) is 83.1 Å². The number of carbonyl (C=O) groups is 2. The van der Waals surface area contributed by atoms with Crippen LogP contribution < -0.4 is 10.6 Å². The van der Waals surface area contributed by atoms with Gasteiger partial charge in [-0.3, -0.25) is 19.4 Å². The van der Waals surface area contributed by atoms with Gasteiger partial charge < -0.3 is 40.1 Å². The van der Waals surface area contributed by atoms with Crippen LogP contribution in [0.5, 0.6) is 0 Å². The van der Waals surface area contributed by atoms with E-state index in [4.69, 9.17) is 9.05 Å². The number of amides is 2. The molecule has 2 aromatic heterocycles. The Bertz CT molecular complexity index is 2450. The van der Waals surface area contributed by atoms with E-state index in [0.717, 1.165) is 67.3 Å². The monoisotopic (exact) mass is 974 g/mol. The normalized spacial score (nSPS) is 24.1. The average Bonchev–Trinajstić information content (AvgIpc) is 4.12. The summed E-state index contributed by atoms with van der Waals surface area (Å²) in [6.45, 7) is 7.84. The summed E-state index contributed by atoms with van der Waals surface area (Å²) in [5.41, 5.74) is 7.53. The van der Waals surface area contributed by atoms with E-state index in [9.17, 15) is 30.0 Å². The van der Waals surface area contributed by atoms with Crippen LogP contribution in [-0.2, 0) is 20.7 Å². The number of carbonyl (C=O) groups excluding carboxylic acids is 2. The smallest absolute Gasteiger partial charge is 0.254 e. The molecule has 6 atom stereocenters. The van der Waals surface area contributed by atoms with E-state index in [2.05, 4.69) is 20.9 Å². The summed E-state index contributed by atoms with van der Waals surface area (Å²) in [5, 5.41) is 55.3. The lowest BCUT2D eigenvalue weighted by molar-refractivity contribution is -0.127. The van der Waals surface area contributed by atoms with Gasteiger partial charge in [-0.15, -0.1) is 0 Å². The second kappa shape index (κ2) is 20.7. The topological polar surface area (TPSA) is 198 Å². The number of aromatic nitrogens is 2. The van der Waals surface area contributed by atoms with Gasteiger partial charge in [-0.2, -0.15) is 54.0 Å². The molecule has 0 radical (unpaired) electrons. The number of fused-ring (bicyclic) bond motifs is 2. The van der Waals surface area contributed by atoms with Crippen LogP contribution in [0.3, 0.4) is 0 Å². The first-order valence-corrected chi connectivity index (χ1v) is 20.9. The molecule has 14 nitrogen and oxygen atoms in total. The van der Waals surface area contributed by atoms with Gasteiger partial charge in [-0.25, -0.2) is 0 Å². The van der Waals surface area contributed by atoms with Gasteiger partial charge in [0.05, 0.1) is 36.8 Å². The molecule has 0 spiro atoms. The van der Waals surface area contributed by atoms with Gasteiger partial charge >= 0.3 is 0 Å². The Kier molecular flexibility index (Phi) is 16.4. The molecule has 4 aliphatic rings. The zero-order chi connectivity index (χ0) is 43.5. The molecular weight excluding hydrogens is 917 g/mol. The molecule has 2 amide bonds. The van der Waals surface area contributed by atoms with Crippen LogP contribution in [0, 0.1) is 27.7 Å². The largest absolute Gasteiger partial charge is 0.395 e. The highest BCUT2D eigenvalue weighted by Gasteiger charge is 2.58.